The number of hydrogen-bond acceptors (Lipinski definition) is 2. The van der Waals surface area contributed by atoms with Crippen LogP contribution in [0.5, 0.6) is 11.5 Å². The zero-order valence-corrected chi connectivity index (χ0v) is 29.8. The average molecular weight is 721 g/mol. The van der Waals surface area contributed by atoms with Crippen LogP contribution in [-0.2, 0) is 31.6 Å². The van der Waals surface area contributed by atoms with Crippen molar-refractivity contribution in [3.63, 3.8) is 0 Å². The minimum atomic E-state index is -0.207. The second kappa shape index (κ2) is 20.5. The number of nitrogens with zero attached hydrogens (tertiary/aromatic N) is 2. The number of aryl methyl sites for hydroxylation is 2. The van der Waals surface area contributed by atoms with E-state index in [-0.39, 0.29) is 18.7 Å². The first-order valence-corrected chi connectivity index (χ1v) is 18.6. The Morgan fingerprint density at radius 1 is 0.553 bits per heavy atom. The molecule has 0 aliphatic carbocycles. The Bertz CT molecular complexity index is 1540. The van der Waals surface area contributed by atoms with Crippen LogP contribution in [0.3, 0.4) is 0 Å². The van der Waals surface area contributed by atoms with Crippen LogP contribution in [-0.4, -0.2) is 4.70 Å². The topological polar surface area (TPSA) is 43.8 Å². The average Bonchev–Trinajstić information content (AvgIpc) is 3.45. The van der Waals surface area contributed by atoms with Gasteiger partial charge in [0.1, 0.15) is 0 Å². The van der Waals surface area contributed by atoms with E-state index in [9.17, 15) is 5.53 Å². The Hall–Kier alpha value is -3.78. The number of para-hydroxylation sites is 2. The van der Waals surface area contributed by atoms with Crippen LogP contribution in [0, 0.1) is 0 Å². The van der Waals surface area contributed by atoms with Gasteiger partial charge in [0, 0.05) is 22.8 Å². The van der Waals surface area contributed by atoms with Crippen molar-refractivity contribution in [3.05, 3.63) is 149 Å². The monoisotopic (exact) mass is 720 g/mol. The van der Waals surface area contributed by atoms with Gasteiger partial charge < -0.3 is 5.53 Å². The van der Waals surface area contributed by atoms with Gasteiger partial charge in [-0.05, 0) is 73.9 Å². The molecule has 1 aliphatic rings. The summed E-state index contributed by atoms with van der Waals surface area (Å²) in [5.74, 6) is 1.67. The quantitative estimate of drug-likeness (QED) is 0.0619. The summed E-state index contributed by atoms with van der Waals surface area (Å²) in [7, 11) is 0. The van der Waals surface area contributed by atoms with Crippen molar-refractivity contribution in [1.82, 2.24) is 0 Å². The molecule has 4 nitrogen and oxygen atoms in total. The van der Waals surface area contributed by atoms with E-state index < -0.39 is 0 Å². The van der Waals surface area contributed by atoms with Crippen LogP contribution in [0.25, 0.3) is 16.9 Å². The fourth-order valence-electron chi connectivity index (χ4n) is 5.52. The Morgan fingerprint density at radius 2 is 1.09 bits per heavy atom. The summed E-state index contributed by atoms with van der Waals surface area (Å²) >= 11 is -0.207. The Labute approximate surface area is 292 Å². The maximum absolute atomic E-state index is 11.4. The summed E-state index contributed by atoms with van der Waals surface area (Å²) in [5, 5.41) is 0. The van der Waals surface area contributed by atoms with Gasteiger partial charge in [-0.15, -0.1) is 0 Å². The SMILES string of the molecule is CCCCCCC1=C(c2cccc(CCCC)c2)[N+](=[N-])C(c2cccc(CCCC)c2)=C1.c1ccc([O][Pd][O]c2ccccc2)cc1. The van der Waals surface area contributed by atoms with Crippen molar-refractivity contribution in [3.8, 4) is 11.5 Å². The molecule has 0 unspecified atom stereocenters. The molecule has 250 valence electrons. The molecular formula is C42H50N2O2Pd. The van der Waals surface area contributed by atoms with Crippen LogP contribution in [0.4, 0.5) is 0 Å². The third kappa shape index (κ3) is 11.8. The van der Waals surface area contributed by atoms with Crippen LogP contribution in [0.2, 0.25) is 0 Å². The summed E-state index contributed by atoms with van der Waals surface area (Å²) in [4.78, 5) is 0. The van der Waals surface area contributed by atoms with Crippen molar-refractivity contribution in [2.45, 2.75) is 91.4 Å². The molecule has 0 fully saturated rings. The van der Waals surface area contributed by atoms with Gasteiger partial charge in [-0.25, -0.2) is 4.70 Å². The molecule has 0 amide bonds. The second-order valence-electron chi connectivity index (χ2n) is 11.9. The van der Waals surface area contributed by atoms with Gasteiger partial charge in [-0.2, -0.15) is 0 Å². The molecule has 1 heterocycles. The number of hydrogen-bond donors (Lipinski definition) is 0. The zero-order chi connectivity index (χ0) is 33.1. The number of rotatable bonds is 17. The molecule has 4 aromatic rings. The fraction of sp³-hybridized carbons (Fsp3) is 0.333. The third-order valence-electron chi connectivity index (χ3n) is 8.10. The van der Waals surface area contributed by atoms with Crippen molar-refractivity contribution in [2.75, 3.05) is 0 Å². The predicted octanol–water partition coefficient (Wildman–Crippen LogP) is 12.2. The minimum absolute atomic E-state index is 0.207. The van der Waals surface area contributed by atoms with Crippen molar-refractivity contribution < 1.29 is 30.3 Å². The molecule has 5 heteroatoms. The molecular weight excluding hydrogens is 671 g/mol. The van der Waals surface area contributed by atoms with Gasteiger partial charge in [0.05, 0.1) is 0 Å². The number of benzene rings is 4. The zero-order valence-electron chi connectivity index (χ0n) is 28.3. The van der Waals surface area contributed by atoms with Gasteiger partial charge in [0.25, 0.3) is 0 Å². The first-order valence-electron chi connectivity index (χ1n) is 17.3. The van der Waals surface area contributed by atoms with Crippen LogP contribution >= 0.6 is 0 Å². The van der Waals surface area contributed by atoms with Crippen LogP contribution in [0.15, 0.2) is 121 Å². The van der Waals surface area contributed by atoms with Gasteiger partial charge in [-0.1, -0.05) is 77.1 Å². The summed E-state index contributed by atoms with van der Waals surface area (Å²) in [6, 6.07) is 36.8. The normalized spacial score (nSPS) is 12.5. The van der Waals surface area contributed by atoms with Crippen LogP contribution in [0.1, 0.15) is 101 Å². The first-order chi connectivity index (χ1) is 23.1. The Balaban J connectivity index is 0.000000277. The van der Waals surface area contributed by atoms with E-state index in [1.54, 1.807) is 0 Å². The molecule has 1 aliphatic heterocycles. The van der Waals surface area contributed by atoms with Gasteiger partial charge in [0.15, 0.2) is 0 Å². The third-order valence-corrected chi connectivity index (χ3v) is 9.10. The molecule has 47 heavy (non-hydrogen) atoms. The second-order valence-corrected chi connectivity index (χ2v) is 12.8. The molecule has 5 rings (SSSR count). The van der Waals surface area contributed by atoms with E-state index in [1.807, 2.05) is 60.7 Å². The van der Waals surface area contributed by atoms with E-state index in [4.69, 9.17) is 6.92 Å². The molecule has 0 N–H and O–H groups in total. The van der Waals surface area contributed by atoms with E-state index in [0.29, 0.717) is 0 Å². The molecule has 4 aromatic carbocycles. The standard InChI is InChI=1S/C30H40N2.2C6H6O.Pd/c1-4-7-10-11-18-28-23-29(26-19-12-16-24(21-26)14-8-5-2)32(31)30(28)27-20-13-17-25(22-27)15-9-6-3;2*7-6-4-2-1-3-5-6;/h12-13,16-17,19-23H,4-11,14-15,18H2,1-3H3;2*1-5,7H;/q;;;+2/p-2. The van der Waals surface area contributed by atoms with Gasteiger partial charge >= 0.3 is 97.8 Å². The van der Waals surface area contributed by atoms with E-state index in [1.165, 1.54) is 66.3 Å². The van der Waals surface area contributed by atoms with E-state index >= 15 is 0 Å². The Kier molecular flexibility index (Phi) is 15.7. The summed E-state index contributed by atoms with van der Waals surface area (Å²) in [6.07, 6.45) is 15.1. The number of allylic oxidation sites excluding steroid dienone is 2. The fourth-order valence-corrected chi connectivity index (χ4v) is 6.31. The summed E-state index contributed by atoms with van der Waals surface area (Å²) < 4.78 is 12.3. The summed E-state index contributed by atoms with van der Waals surface area (Å²) in [6.45, 7) is 6.72. The van der Waals surface area contributed by atoms with Gasteiger partial charge in [0.2, 0.25) is 11.4 Å². The van der Waals surface area contributed by atoms with E-state index in [0.717, 1.165) is 59.7 Å². The van der Waals surface area contributed by atoms with Crippen molar-refractivity contribution in [2.24, 2.45) is 0 Å². The Morgan fingerprint density at radius 3 is 1.64 bits per heavy atom. The molecule has 0 radical (unpaired) electrons. The molecule has 0 aromatic heterocycles. The van der Waals surface area contributed by atoms with Crippen LogP contribution < -0.4 is 6.92 Å². The van der Waals surface area contributed by atoms with Crippen molar-refractivity contribution in [1.29, 1.82) is 0 Å². The molecule has 0 atom stereocenters. The maximum atomic E-state index is 11.4. The van der Waals surface area contributed by atoms with Crippen molar-refractivity contribution >= 4 is 11.4 Å². The van der Waals surface area contributed by atoms with Gasteiger partial charge in [-0.3, -0.25) is 0 Å². The predicted molar refractivity (Wildman–Crippen MR) is 192 cm³/mol. The number of unbranched alkanes of at least 4 members (excludes halogenated alkanes) is 5. The molecule has 0 saturated carbocycles. The molecule has 0 spiro atoms. The molecule has 0 saturated heterocycles. The molecule has 0 bridgehead atoms. The summed E-state index contributed by atoms with van der Waals surface area (Å²) in [5.41, 5.74) is 19.4. The van der Waals surface area contributed by atoms with E-state index in [2.05, 4.69) is 75.4 Å². The first kappa shape index (κ1) is 36.1.